The summed E-state index contributed by atoms with van der Waals surface area (Å²) in [6.45, 7) is 1.48. The number of sulfonamides is 1. The van der Waals surface area contributed by atoms with E-state index in [2.05, 4.69) is 5.32 Å². The first-order valence-corrected chi connectivity index (χ1v) is 8.01. The number of ether oxygens (including phenoxy) is 1. The van der Waals surface area contributed by atoms with Gasteiger partial charge in [-0.25, -0.2) is 12.7 Å². The zero-order chi connectivity index (χ0) is 14.8. The molecule has 0 atom stereocenters. The number of rotatable bonds is 4. The molecule has 1 saturated heterocycles. The summed E-state index contributed by atoms with van der Waals surface area (Å²) in [4.78, 5) is 0.206. The van der Waals surface area contributed by atoms with Crippen molar-refractivity contribution in [2.45, 2.75) is 23.8 Å². The van der Waals surface area contributed by atoms with Gasteiger partial charge in [-0.1, -0.05) is 0 Å². The lowest BCUT2D eigenvalue weighted by atomic mass is 10.1. The molecule has 2 rings (SSSR count). The number of nitrogens with one attached hydrogen (secondary N) is 1. The second kappa shape index (κ2) is 5.99. The summed E-state index contributed by atoms with van der Waals surface area (Å²) >= 11 is 0. The highest BCUT2D eigenvalue weighted by atomic mass is 32.2. The van der Waals surface area contributed by atoms with Crippen LogP contribution in [0.25, 0.3) is 0 Å². The zero-order valence-electron chi connectivity index (χ0n) is 11.8. The minimum Gasteiger partial charge on any atom is -0.397 e. The second-order valence-corrected chi connectivity index (χ2v) is 7.22. The van der Waals surface area contributed by atoms with Crippen molar-refractivity contribution in [3.8, 4) is 0 Å². The third-order valence-corrected chi connectivity index (χ3v) is 5.19. The largest absolute Gasteiger partial charge is 0.397 e. The average Bonchev–Trinajstić information content (AvgIpc) is 2.42. The van der Waals surface area contributed by atoms with Gasteiger partial charge in [-0.15, -0.1) is 0 Å². The van der Waals surface area contributed by atoms with Gasteiger partial charge in [0, 0.05) is 33.4 Å². The van der Waals surface area contributed by atoms with Crippen LogP contribution in [0, 0.1) is 0 Å². The number of hydrogen-bond donors (Lipinski definition) is 2. The first-order chi connectivity index (χ1) is 9.41. The summed E-state index contributed by atoms with van der Waals surface area (Å²) in [6, 6.07) is 5.12. The Bertz CT molecular complexity index is 566. The molecule has 6 nitrogen and oxygen atoms in total. The average molecular weight is 299 g/mol. The molecule has 20 heavy (non-hydrogen) atoms. The SMILES string of the molecule is CN(C)S(=O)(=O)c1ccc(NC2CCOCC2)c(N)c1. The number of nitrogens with two attached hydrogens (primary N) is 1. The molecular formula is C13H21N3O3S. The van der Waals surface area contributed by atoms with Crippen molar-refractivity contribution in [2.75, 3.05) is 38.4 Å². The van der Waals surface area contributed by atoms with Crippen molar-refractivity contribution in [3.05, 3.63) is 18.2 Å². The van der Waals surface area contributed by atoms with E-state index in [1.54, 1.807) is 12.1 Å². The molecule has 1 heterocycles. The quantitative estimate of drug-likeness (QED) is 0.814. The monoisotopic (exact) mass is 299 g/mol. The van der Waals surface area contributed by atoms with E-state index >= 15 is 0 Å². The zero-order valence-corrected chi connectivity index (χ0v) is 12.6. The fourth-order valence-corrected chi connectivity index (χ4v) is 3.04. The minimum atomic E-state index is -3.44. The van der Waals surface area contributed by atoms with E-state index in [0.717, 1.165) is 31.7 Å². The molecule has 1 aromatic rings. The highest BCUT2D eigenvalue weighted by Crippen LogP contribution is 2.26. The van der Waals surface area contributed by atoms with E-state index in [1.807, 2.05) is 0 Å². The van der Waals surface area contributed by atoms with Gasteiger partial charge in [0.2, 0.25) is 10.0 Å². The summed E-state index contributed by atoms with van der Waals surface area (Å²) in [5.74, 6) is 0. The molecule has 0 saturated carbocycles. The summed E-state index contributed by atoms with van der Waals surface area (Å²) in [5, 5.41) is 3.34. The van der Waals surface area contributed by atoms with E-state index in [-0.39, 0.29) is 4.90 Å². The Balaban J connectivity index is 2.17. The van der Waals surface area contributed by atoms with Crippen LogP contribution in [0.5, 0.6) is 0 Å². The smallest absolute Gasteiger partial charge is 0.242 e. The van der Waals surface area contributed by atoms with Gasteiger partial charge in [-0.3, -0.25) is 0 Å². The summed E-state index contributed by atoms with van der Waals surface area (Å²) in [6.07, 6.45) is 1.86. The molecule has 0 amide bonds. The molecule has 0 spiro atoms. The normalized spacial score (nSPS) is 17.4. The maximum absolute atomic E-state index is 12.0. The minimum absolute atomic E-state index is 0.206. The fourth-order valence-electron chi connectivity index (χ4n) is 2.11. The first kappa shape index (κ1) is 15.1. The van der Waals surface area contributed by atoms with Crippen LogP contribution >= 0.6 is 0 Å². The molecule has 0 bridgehead atoms. The molecule has 0 aromatic heterocycles. The van der Waals surface area contributed by atoms with Crippen LogP contribution in [-0.4, -0.2) is 46.1 Å². The van der Waals surface area contributed by atoms with Gasteiger partial charge in [0.25, 0.3) is 0 Å². The Morgan fingerprint density at radius 1 is 1.30 bits per heavy atom. The van der Waals surface area contributed by atoms with Crippen LogP contribution in [-0.2, 0) is 14.8 Å². The maximum atomic E-state index is 12.0. The topological polar surface area (TPSA) is 84.7 Å². The molecule has 7 heteroatoms. The molecule has 1 aliphatic heterocycles. The van der Waals surface area contributed by atoms with Crippen molar-refractivity contribution in [2.24, 2.45) is 0 Å². The van der Waals surface area contributed by atoms with Gasteiger partial charge in [-0.05, 0) is 31.0 Å². The lowest BCUT2D eigenvalue weighted by Gasteiger charge is -2.25. The number of benzene rings is 1. The van der Waals surface area contributed by atoms with Gasteiger partial charge in [0.1, 0.15) is 0 Å². The molecular weight excluding hydrogens is 278 g/mol. The van der Waals surface area contributed by atoms with Crippen LogP contribution < -0.4 is 11.1 Å². The van der Waals surface area contributed by atoms with Crippen molar-refractivity contribution >= 4 is 21.4 Å². The van der Waals surface area contributed by atoms with Gasteiger partial charge in [-0.2, -0.15) is 0 Å². The first-order valence-electron chi connectivity index (χ1n) is 6.57. The molecule has 1 fully saturated rings. The molecule has 0 radical (unpaired) electrons. The summed E-state index contributed by atoms with van der Waals surface area (Å²) < 4.78 is 30.5. The van der Waals surface area contributed by atoms with Gasteiger partial charge >= 0.3 is 0 Å². The molecule has 0 aliphatic carbocycles. The van der Waals surface area contributed by atoms with E-state index in [1.165, 1.54) is 24.5 Å². The Morgan fingerprint density at radius 3 is 2.50 bits per heavy atom. The predicted octanol–water partition coefficient (Wildman–Crippen LogP) is 1.11. The number of hydrogen-bond acceptors (Lipinski definition) is 5. The Morgan fingerprint density at radius 2 is 1.95 bits per heavy atom. The van der Waals surface area contributed by atoms with Gasteiger partial charge in [0.15, 0.2) is 0 Å². The number of anilines is 2. The lowest BCUT2D eigenvalue weighted by molar-refractivity contribution is 0.0904. The second-order valence-electron chi connectivity index (χ2n) is 5.07. The van der Waals surface area contributed by atoms with E-state index < -0.39 is 10.0 Å². The van der Waals surface area contributed by atoms with Gasteiger partial charge < -0.3 is 15.8 Å². The summed E-state index contributed by atoms with van der Waals surface area (Å²) in [7, 11) is -0.444. The van der Waals surface area contributed by atoms with Crippen LogP contribution in [0.15, 0.2) is 23.1 Å². The highest BCUT2D eigenvalue weighted by Gasteiger charge is 2.19. The Kier molecular flexibility index (Phi) is 4.52. The number of nitrogen functional groups attached to an aromatic ring is 1. The van der Waals surface area contributed by atoms with E-state index in [4.69, 9.17) is 10.5 Å². The third kappa shape index (κ3) is 3.23. The molecule has 1 aromatic carbocycles. The van der Waals surface area contributed by atoms with Gasteiger partial charge in [0.05, 0.1) is 16.3 Å². The molecule has 1 aliphatic rings. The standard InChI is InChI=1S/C13H21N3O3S/c1-16(2)20(17,18)11-3-4-13(12(14)9-11)15-10-5-7-19-8-6-10/h3-4,9-10,15H,5-8,14H2,1-2H3. The van der Waals surface area contributed by atoms with Crippen molar-refractivity contribution in [3.63, 3.8) is 0 Å². The Labute approximate surface area is 120 Å². The van der Waals surface area contributed by atoms with Crippen molar-refractivity contribution < 1.29 is 13.2 Å². The van der Waals surface area contributed by atoms with E-state index in [0.29, 0.717) is 11.7 Å². The summed E-state index contributed by atoms with van der Waals surface area (Å²) in [5.41, 5.74) is 7.18. The fraction of sp³-hybridized carbons (Fsp3) is 0.538. The third-order valence-electron chi connectivity index (χ3n) is 3.38. The van der Waals surface area contributed by atoms with E-state index in [9.17, 15) is 8.42 Å². The van der Waals surface area contributed by atoms with Crippen molar-refractivity contribution in [1.82, 2.24) is 4.31 Å². The van der Waals surface area contributed by atoms with Crippen LogP contribution in [0.3, 0.4) is 0 Å². The van der Waals surface area contributed by atoms with Crippen LogP contribution in [0.4, 0.5) is 11.4 Å². The molecule has 3 N–H and O–H groups in total. The molecule has 0 unspecified atom stereocenters. The maximum Gasteiger partial charge on any atom is 0.242 e. The van der Waals surface area contributed by atoms with Crippen LogP contribution in [0.2, 0.25) is 0 Å². The Hall–Kier alpha value is -1.31. The number of nitrogens with zero attached hydrogens (tertiary/aromatic N) is 1. The lowest BCUT2D eigenvalue weighted by Crippen LogP contribution is -2.28. The molecule has 112 valence electrons. The van der Waals surface area contributed by atoms with Crippen LogP contribution in [0.1, 0.15) is 12.8 Å². The predicted molar refractivity (Wildman–Crippen MR) is 79.2 cm³/mol. The van der Waals surface area contributed by atoms with Crippen molar-refractivity contribution in [1.29, 1.82) is 0 Å². The highest BCUT2D eigenvalue weighted by molar-refractivity contribution is 7.89.